The maximum atomic E-state index is 9.37. The summed E-state index contributed by atoms with van der Waals surface area (Å²) in [7, 11) is 0. The summed E-state index contributed by atoms with van der Waals surface area (Å²) in [5, 5.41) is 18.7. The number of nitrogens with zero attached hydrogens (tertiary/aromatic N) is 1. The molecule has 3 nitrogen and oxygen atoms in total. The molecule has 3 fully saturated rings. The summed E-state index contributed by atoms with van der Waals surface area (Å²) in [6.07, 6.45) is 0.400. The predicted molar refractivity (Wildman–Crippen MR) is 36.6 cm³/mol. The van der Waals surface area contributed by atoms with Crippen molar-refractivity contribution in [1.82, 2.24) is 4.90 Å². The Morgan fingerprint density at radius 2 is 1.70 bits per heavy atom. The van der Waals surface area contributed by atoms with Crippen LogP contribution in [-0.4, -0.2) is 47.0 Å². The number of rotatable bonds is 0. The average Bonchev–Trinajstić information content (AvgIpc) is 1.86. The summed E-state index contributed by atoms with van der Waals surface area (Å²) < 4.78 is 0. The standard InChI is InChI=1S/C7H13NO2/c9-6-3-8-2-1-5(6)7(10)4-8/h5-7,9-10H,1-4H2. The molecule has 10 heavy (non-hydrogen) atoms. The van der Waals surface area contributed by atoms with Crippen molar-refractivity contribution in [3.8, 4) is 0 Å². The van der Waals surface area contributed by atoms with E-state index in [0.717, 1.165) is 26.1 Å². The zero-order valence-electron chi connectivity index (χ0n) is 5.90. The van der Waals surface area contributed by atoms with E-state index in [0.29, 0.717) is 0 Å². The molecule has 3 heterocycles. The van der Waals surface area contributed by atoms with Crippen LogP contribution >= 0.6 is 0 Å². The third kappa shape index (κ3) is 0.856. The van der Waals surface area contributed by atoms with Gasteiger partial charge in [0.1, 0.15) is 0 Å². The minimum Gasteiger partial charge on any atom is -0.391 e. The maximum Gasteiger partial charge on any atom is 0.0720 e. The highest BCUT2D eigenvalue weighted by Gasteiger charge is 2.38. The number of aliphatic hydroxyl groups is 2. The first kappa shape index (κ1) is 6.58. The van der Waals surface area contributed by atoms with Crippen molar-refractivity contribution in [3.05, 3.63) is 0 Å². The van der Waals surface area contributed by atoms with Crippen molar-refractivity contribution >= 4 is 0 Å². The minimum atomic E-state index is -0.280. The first-order valence-electron chi connectivity index (χ1n) is 3.86. The monoisotopic (exact) mass is 143 g/mol. The highest BCUT2D eigenvalue weighted by Crippen LogP contribution is 2.27. The summed E-state index contributed by atoms with van der Waals surface area (Å²) in [5.74, 6) is 0.157. The van der Waals surface area contributed by atoms with Crippen LogP contribution in [0, 0.1) is 5.92 Å². The fourth-order valence-electron chi connectivity index (χ4n) is 2.03. The topological polar surface area (TPSA) is 43.7 Å². The second-order valence-corrected chi connectivity index (χ2v) is 3.35. The fraction of sp³-hybridized carbons (Fsp3) is 1.00. The Morgan fingerprint density at radius 1 is 1.10 bits per heavy atom. The van der Waals surface area contributed by atoms with E-state index in [1.165, 1.54) is 0 Å². The second-order valence-electron chi connectivity index (χ2n) is 3.35. The number of piperidine rings is 3. The van der Waals surface area contributed by atoms with Crippen molar-refractivity contribution < 1.29 is 10.2 Å². The van der Waals surface area contributed by atoms with E-state index < -0.39 is 0 Å². The Kier molecular flexibility index (Phi) is 1.44. The molecule has 0 radical (unpaired) electrons. The molecule has 3 aliphatic rings. The molecule has 3 saturated heterocycles. The van der Waals surface area contributed by atoms with Gasteiger partial charge in [-0.05, 0) is 13.0 Å². The summed E-state index contributed by atoms with van der Waals surface area (Å²) in [4.78, 5) is 2.12. The zero-order valence-corrected chi connectivity index (χ0v) is 5.90. The van der Waals surface area contributed by atoms with Gasteiger partial charge in [0.15, 0.2) is 0 Å². The molecular weight excluding hydrogens is 130 g/mol. The third-order valence-electron chi connectivity index (χ3n) is 2.66. The van der Waals surface area contributed by atoms with Crippen LogP contribution in [0.4, 0.5) is 0 Å². The first-order valence-corrected chi connectivity index (χ1v) is 3.86. The van der Waals surface area contributed by atoms with Crippen molar-refractivity contribution in [3.63, 3.8) is 0 Å². The molecule has 0 amide bonds. The van der Waals surface area contributed by atoms with E-state index in [9.17, 15) is 10.2 Å². The maximum absolute atomic E-state index is 9.37. The lowest BCUT2D eigenvalue weighted by molar-refractivity contribution is -0.0984. The van der Waals surface area contributed by atoms with Gasteiger partial charge in [0.25, 0.3) is 0 Å². The van der Waals surface area contributed by atoms with E-state index >= 15 is 0 Å². The lowest BCUT2D eigenvalue weighted by Gasteiger charge is -2.45. The molecule has 3 heteroatoms. The van der Waals surface area contributed by atoms with Crippen LogP contribution in [-0.2, 0) is 0 Å². The predicted octanol–water partition coefficient (Wildman–Crippen LogP) is -0.956. The number of hydrogen-bond acceptors (Lipinski definition) is 3. The van der Waals surface area contributed by atoms with Gasteiger partial charge in [0.2, 0.25) is 0 Å². The van der Waals surface area contributed by atoms with Gasteiger partial charge in [-0.25, -0.2) is 0 Å². The van der Waals surface area contributed by atoms with Crippen molar-refractivity contribution in [2.24, 2.45) is 5.92 Å². The molecule has 2 unspecified atom stereocenters. The largest absolute Gasteiger partial charge is 0.391 e. The second kappa shape index (κ2) is 2.19. The highest BCUT2D eigenvalue weighted by molar-refractivity contribution is 4.91. The van der Waals surface area contributed by atoms with Crippen LogP contribution in [0.25, 0.3) is 0 Å². The van der Waals surface area contributed by atoms with Crippen molar-refractivity contribution in [2.45, 2.75) is 18.6 Å². The molecule has 2 N–H and O–H groups in total. The smallest absolute Gasteiger partial charge is 0.0720 e. The number of hydrogen-bond donors (Lipinski definition) is 2. The first-order chi connectivity index (χ1) is 4.77. The lowest BCUT2D eigenvalue weighted by atomic mass is 9.84. The van der Waals surface area contributed by atoms with Gasteiger partial charge in [-0.3, -0.25) is 4.90 Å². The molecule has 3 aliphatic heterocycles. The van der Waals surface area contributed by atoms with Gasteiger partial charge in [0.05, 0.1) is 12.2 Å². The molecule has 0 aromatic carbocycles. The normalized spacial score (nSPS) is 53.4. The molecule has 0 aromatic rings. The van der Waals surface area contributed by atoms with Gasteiger partial charge < -0.3 is 10.2 Å². The molecule has 58 valence electrons. The van der Waals surface area contributed by atoms with Gasteiger partial charge in [-0.1, -0.05) is 0 Å². The number of aliphatic hydroxyl groups excluding tert-OH is 2. The average molecular weight is 143 g/mol. The van der Waals surface area contributed by atoms with E-state index in [2.05, 4.69) is 4.90 Å². The molecule has 2 bridgehead atoms. The van der Waals surface area contributed by atoms with Crippen LogP contribution in [0.2, 0.25) is 0 Å². The van der Waals surface area contributed by atoms with Crippen LogP contribution in [0.1, 0.15) is 6.42 Å². The molecule has 0 spiro atoms. The van der Waals surface area contributed by atoms with Gasteiger partial charge in [-0.15, -0.1) is 0 Å². The zero-order chi connectivity index (χ0) is 7.14. The quantitative estimate of drug-likeness (QED) is 0.459. The van der Waals surface area contributed by atoms with Crippen LogP contribution < -0.4 is 0 Å². The fourth-order valence-corrected chi connectivity index (χ4v) is 2.03. The summed E-state index contributed by atoms with van der Waals surface area (Å²) in [6, 6.07) is 0. The Balaban J connectivity index is 2.11. The van der Waals surface area contributed by atoms with Crippen LogP contribution in [0.15, 0.2) is 0 Å². The number of fused-ring (bicyclic) bond motifs is 3. The molecule has 0 saturated carbocycles. The lowest BCUT2D eigenvalue weighted by Crippen LogP contribution is -2.57. The summed E-state index contributed by atoms with van der Waals surface area (Å²) in [6.45, 7) is 2.59. The Hall–Kier alpha value is -0.120. The van der Waals surface area contributed by atoms with E-state index in [-0.39, 0.29) is 18.1 Å². The van der Waals surface area contributed by atoms with Crippen molar-refractivity contribution in [2.75, 3.05) is 19.6 Å². The van der Waals surface area contributed by atoms with Crippen molar-refractivity contribution in [1.29, 1.82) is 0 Å². The van der Waals surface area contributed by atoms with E-state index in [1.807, 2.05) is 0 Å². The Morgan fingerprint density at radius 3 is 2.00 bits per heavy atom. The van der Waals surface area contributed by atoms with E-state index in [4.69, 9.17) is 0 Å². The third-order valence-corrected chi connectivity index (χ3v) is 2.66. The SMILES string of the molecule is OC1CN2CCC1C(O)C2. The van der Waals surface area contributed by atoms with Crippen LogP contribution in [0.3, 0.4) is 0 Å². The van der Waals surface area contributed by atoms with Gasteiger partial charge in [-0.2, -0.15) is 0 Å². The Bertz CT molecular complexity index is 128. The van der Waals surface area contributed by atoms with Crippen LogP contribution in [0.5, 0.6) is 0 Å². The van der Waals surface area contributed by atoms with E-state index in [1.54, 1.807) is 0 Å². The minimum absolute atomic E-state index is 0.157. The van der Waals surface area contributed by atoms with Gasteiger partial charge in [0, 0.05) is 19.0 Å². The van der Waals surface area contributed by atoms with Gasteiger partial charge >= 0.3 is 0 Å². The molecule has 0 aliphatic carbocycles. The summed E-state index contributed by atoms with van der Waals surface area (Å²) >= 11 is 0. The highest BCUT2D eigenvalue weighted by atomic mass is 16.3. The molecule has 0 aromatic heterocycles. The summed E-state index contributed by atoms with van der Waals surface area (Å²) in [5.41, 5.74) is 0. The molecule has 2 atom stereocenters. The molecular formula is C7H13NO2. The Labute approximate surface area is 60.3 Å². The molecule has 3 rings (SSSR count).